The van der Waals surface area contributed by atoms with Gasteiger partial charge < -0.3 is 15.0 Å². The van der Waals surface area contributed by atoms with Crippen LogP contribution in [0.1, 0.15) is 38.3 Å². The lowest BCUT2D eigenvalue weighted by Crippen LogP contribution is -2.52. The predicted molar refractivity (Wildman–Crippen MR) is 163 cm³/mol. The second-order valence-corrected chi connectivity index (χ2v) is 12.5. The summed E-state index contributed by atoms with van der Waals surface area (Å²) in [5.74, 6) is -0.153. The van der Waals surface area contributed by atoms with Crippen LogP contribution >= 0.6 is 11.6 Å². The number of methoxy groups -OCH3 is 1. The van der Waals surface area contributed by atoms with Crippen LogP contribution < -0.4 is 14.4 Å². The third-order valence-corrected chi connectivity index (χ3v) is 8.61. The van der Waals surface area contributed by atoms with Gasteiger partial charge in [-0.3, -0.25) is 13.9 Å². The molecule has 41 heavy (non-hydrogen) atoms. The molecule has 0 bridgehead atoms. The first-order valence-corrected chi connectivity index (χ1v) is 15.3. The number of hydrogen-bond donors (Lipinski definition) is 1. The molecular formula is C31H38ClN3O5S. The predicted octanol–water partition coefficient (Wildman–Crippen LogP) is 5.43. The Kier molecular flexibility index (Phi) is 11.2. The van der Waals surface area contributed by atoms with Gasteiger partial charge in [0.2, 0.25) is 11.8 Å². The van der Waals surface area contributed by atoms with E-state index in [1.807, 2.05) is 27.7 Å². The summed E-state index contributed by atoms with van der Waals surface area (Å²) in [6, 6.07) is 19.1. The largest absolute Gasteiger partial charge is 0.497 e. The molecule has 0 radical (unpaired) electrons. The number of nitrogens with zero attached hydrogens (tertiary/aromatic N) is 2. The maximum atomic E-state index is 14.1. The van der Waals surface area contributed by atoms with E-state index in [0.717, 1.165) is 15.4 Å². The number of sulfonamides is 1. The molecule has 0 saturated carbocycles. The van der Waals surface area contributed by atoms with Gasteiger partial charge in [0.15, 0.2) is 0 Å². The molecule has 3 aromatic rings. The molecule has 0 unspecified atom stereocenters. The maximum absolute atomic E-state index is 14.1. The fourth-order valence-electron chi connectivity index (χ4n) is 4.26. The molecule has 8 nitrogen and oxygen atoms in total. The second-order valence-electron chi connectivity index (χ2n) is 10.2. The van der Waals surface area contributed by atoms with Crippen molar-refractivity contribution >= 4 is 39.1 Å². The average molecular weight is 600 g/mol. The normalized spacial score (nSPS) is 12.1. The molecule has 3 aromatic carbocycles. The molecule has 220 valence electrons. The molecule has 0 aromatic heterocycles. The lowest BCUT2D eigenvalue weighted by atomic mass is 10.1. The lowest BCUT2D eigenvalue weighted by molar-refractivity contribution is -0.140. The molecule has 0 aliphatic rings. The Morgan fingerprint density at radius 3 is 2.24 bits per heavy atom. The van der Waals surface area contributed by atoms with Crippen molar-refractivity contribution in [3.63, 3.8) is 0 Å². The molecule has 2 amide bonds. The van der Waals surface area contributed by atoms with E-state index in [0.29, 0.717) is 23.7 Å². The third-order valence-electron chi connectivity index (χ3n) is 6.57. The van der Waals surface area contributed by atoms with Crippen molar-refractivity contribution in [1.29, 1.82) is 0 Å². The van der Waals surface area contributed by atoms with Gasteiger partial charge in [0.25, 0.3) is 10.0 Å². The summed E-state index contributed by atoms with van der Waals surface area (Å²) in [6.45, 7) is 7.69. The van der Waals surface area contributed by atoms with E-state index < -0.39 is 28.5 Å². The van der Waals surface area contributed by atoms with Gasteiger partial charge in [-0.1, -0.05) is 68.3 Å². The Labute approximate surface area is 248 Å². The number of aryl methyl sites for hydroxylation is 1. The maximum Gasteiger partial charge on any atom is 0.264 e. The SMILES string of the molecule is CC[C@H](C(=O)NCC(C)C)N(Cc1ccc(Cl)cc1)C(=O)CN(c1cccc(OC)c1)S(=O)(=O)c1ccc(C)cc1. The van der Waals surface area contributed by atoms with Crippen LogP contribution in [0.15, 0.2) is 77.7 Å². The molecule has 10 heteroatoms. The van der Waals surface area contributed by atoms with Crippen molar-refractivity contribution in [3.05, 3.63) is 88.9 Å². The van der Waals surface area contributed by atoms with Crippen molar-refractivity contribution in [1.82, 2.24) is 10.2 Å². The summed E-state index contributed by atoms with van der Waals surface area (Å²) in [5, 5.41) is 3.47. The smallest absolute Gasteiger partial charge is 0.264 e. The van der Waals surface area contributed by atoms with Gasteiger partial charge in [0, 0.05) is 24.2 Å². The van der Waals surface area contributed by atoms with Crippen LogP contribution in [0, 0.1) is 12.8 Å². The molecule has 1 atom stereocenters. The number of amides is 2. The van der Waals surface area contributed by atoms with Gasteiger partial charge in [0.05, 0.1) is 17.7 Å². The van der Waals surface area contributed by atoms with E-state index in [2.05, 4.69) is 5.32 Å². The van der Waals surface area contributed by atoms with Crippen LogP contribution in [0.25, 0.3) is 0 Å². The van der Waals surface area contributed by atoms with Crippen LogP contribution in [-0.4, -0.2) is 51.4 Å². The summed E-state index contributed by atoms with van der Waals surface area (Å²) in [7, 11) is -2.68. The van der Waals surface area contributed by atoms with Crippen LogP contribution in [0.3, 0.4) is 0 Å². The van der Waals surface area contributed by atoms with Gasteiger partial charge in [-0.25, -0.2) is 8.42 Å². The Hall–Kier alpha value is -3.56. The number of carbonyl (C=O) groups excluding carboxylic acids is 2. The van der Waals surface area contributed by atoms with Crippen LogP contribution in [0.4, 0.5) is 5.69 Å². The topological polar surface area (TPSA) is 96.0 Å². The number of halogens is 1. The van der Waals surface area contributed by atoms with Crippen LogP contribution in [0.2, 0.25) is 5.02 Å². The van der Waals surface area contributed by atoms with E-state index in [1.165, 1.54) is 24.1 Å². The number of rotatable bonds is 13. The fourth-order valence-corrected chi connectivity index (χ4v) is 5.79. The number of nitrogens with one attached hydrogen (secondary N) is 1. The minimum absolute atomic E-state index is 0.0460. The van der Waals surface area contributed by atoms with Crippen molar-refractivity contribution in [2.75, 3.05) is 24.5 Å². The molecule has 0 aliphatic carbocycles. The first-order valence-electron chi connectivity index (χ1n) is 13.5. The highest BCUT2D eigenvalue weighted by Crippen LogP contribution is 2.28. The van der Waals surface area contributed by atoms with E-state index in [1.54, 1.807) is 60.7 Å². The Balaban J connectivity index is 2.06. The zero-order valence-corrected chi connectivity index (χ0v) is 25.7. The summed E-state index contributed by atoms with van der Waals surface area (Å²) >= 11 is 6.07. The molecule has 1 N–H and O–H groups in total. The fraction of sp³-hybridized carbons (Fsp3) is 0.355. The molecule has 3 rings (SSSR count). The van der Waals surface area contributed by atoms with Gasteiger partial charge in [0.1, 0.15) is 18.3 Å². The minimum Gasteiger partial charge on any atom is -0.497 e. The van der Waals surface area contributed by atoms with E-state index >= 15 is 0 Å². The number of ether oxygens (including phenoxy) is 1. The molecule has 0 spiro atoms. The summed E-state index contributed by atoms with van der Waals surface area (Å²) in [5.41, 5.74) is 1.93. The number of anilines is 1. The average Bonchev–Trinajstić information content (AvgIpc) is 2.95. The second kappa shape index (κ2) is 14.4. The van der Waals surface area contributed by atoms with E-state index in [9.17, 15) is 18.0 Å². The summed E-state index contributed by atoms with van der Waals surface area (Å²) < 4.78 is 34.3. The van der Waals surface area contributed by atoms with Gasteiger partial charge in [-0.15, -0.1) is 0 Å². The number of benzene rings is 3. The standard InChI is InChI=1S/C31H38ClN3O5S/c1-6-29(31(37)33-19-22(2)3)34(20-24-12-14-25(32)15-13-24)30(36)21-35(26-8-7-9-27(18-26)40-5)41(38,39)28-16-10-23(4)11-17-28/h7-18,22,29H,6,19-21H2,1-5H3,(H,33,37)/t29-/m1/s1. The molecule has 0 heterocycles. The Bertz CT molecular complexity index is 1430. The monoisotopic (exact) mass is 599 g/mol. The molecule has 0 aliphatic heterocycles. The van der Waals surface area contributed by atoms with Crippen molar-refractivity contribution < 1.29 is 22.7 Å². The molecule has 0 saturated heterocycles. The molecule has 0 fully saturated rings. The first-order chi connectivity index (χ1) is 19.5. The summed E-state index contributed by atoms with van der Waals surface area (Å²) in [4.78, 5) is 28.9. The summed E-state index contributed by atoms with van der Waals surface area (Å²) in [6.07, 6.45) is 0.340. The third kappa shape index (κ3) is 8.47. The zero-order chi connectivity index (χ0) is 30.2. The van der Waals surface area contributed by atoms with Crippen molar-refractivity contribution in [2.24, 2.45) is 5.92 Å². The number of hydrogen-bond acceptors (Lipinski definition) is 5. The highest BCUT2D eigenvalue weighted by Gasteiger charge is 2.33. The lowest BCUT2D eigenvalue weighted by Gasteiger charge is -2.33. The van der Waals surface area contributed by atoms with Gasteiger partial charge >= 0.3 is 0 Å². The molecular weight excluding hydrogens is 562 g/mol. The van der Waals surface area contributed by atoms with E-state index in [4.69, 9.17) is 16.3 Å². The number of carbonyl (C=O) groups is 2. The van der Waals surface area contributed by atoms with Crippen LogP contribution in [0.5, 0.6) is 5.75 Å². The zero-order valence-electron chi connectivity index (χ0n) is 24.1. The Morgan fingerprint density at radius 2 is 1.66 bits per heavy atom. The quantitative estimate of drug-likeness (QED) is 0.283. The highest BCUT2D eigenvalue weighted by atomic mass is 35.5. The van der Waals surface area contributed by atoms with Gasteiger partial charge in [-0.2, -0.15) is 0 Å². The highest BCUT2D eigenvalue weighted by molar-refractivity contribution is 7.92. The van der Waals surface area contributed by atoms with E-state index in [-0.39, 0.29) is 29.0 Å². The van der Waals surface area contributed by atoms with Crippen LogP contribution in [-0.2, 0) is 26.2 Å². The van der Waals surface area contributed by atoms with Crippen molar-refractivity contribution in [3.8, 4) is 5.75 Å². The first kappa shape index (κ1) is 32.0. The Morgan fingerprint density at radius 1 is 1.00 bits per heavy atom. The minimum atomic E-state index is -4.16. The van der Waals surface area contributed by atoms with Gasteiger partial charge in [-0.05, 0) is 61.2 Å². The van der Waals surface area contributed by atoms with Crippen molar-refractivity contribution in [2.45, 2.75) is 51.6 Å².